The zero-order valence-electron chi connectivity index (χ0n) is 12.6. The first kappa shape index (κ1) is 16.2. The molecule has 0 atom stereocenters. The summed E-state index contributed by atoms with van der Waals surface area (Å²) in [5, 5.41) is 5.00. The van der Waals surface area contributed by atoms with Crippen molar-refractivity contribution >= 4 is 29.5 Å². The van der Waals surface area contributed by atoms with Gasteiger partial charge >= 0.3 is 12.0 Å². The van der Waals surface area contributed by atoms with E-state index in [2.05, 4.69) is 15.6 Å². The van der Waals surface area contributed by atoms with Gasteiger partial charge in [-0.25, -0.2) is 4.79 Å². The van der Waals surface area contributed by atoms with E-state index in [1.165, 1.54) is 13.0 Å². The molecule has 0 saturated carbocycles. The number of carbonyl (C=O) groups is 3. The number of ether oxygens (including phenoxy) is 1. The number of oxazole rings is 1. The van der Waals surface area contributed by atoms with Crippen molar-refractivity contribution in [3.8, 4) is 0 Å². The van der Waals surface area contributed by atoms with Crippen molar-refractivity contribution in [3.63, 3.8) is 0 Å². The Hall–Kier alpha value is -3.16. The number of aromatic nitrogens is 1. The second-order valence-electron chi connectivity index (χ2n) is 4.47. The summed E-state index contributed by atoms with van der Waals surface area (Å²) in [5.74, 6) is -1.37. The van der Waals surface area contributed by atoms with Crippen molar-refractivity contribution in [1.29, 1.82) is 0 Å². The number of nitrogens with zero attached hydrogens (tertiary/aromatic N) is 1. The minimum Gasteiger partial charge on any atom is -0.461 e. The van der Waals surface area contributed by atoms with Crippen LogP contribution in [-0.2, 0) is 9.53 Å². The van der Waals surface area contributed by atoms with E-state index in [0.29, 0.717) is 11.3 Å². The third-order valence-electron chi connectivity index (χ3n) is 2.65. The lowest BCUT2D eigenvalue weighted by atomic mass is 10.2. The third kappa shape index (κ3) is 4.40. The molecule has 0 saturated heterocycles. The minimum absolute atomic E-state index is 0.0332. The van der Waals surface area contributed by atoms with E-state index >= 15 is 0 Å². The van der Waals surface area contributed by atoms with Gasteiger partial charge in [0.05, 0.1) is 6.61 Å². The molecule has 8 heteroatoms. The van der Waals surface area contributed by atoms with Crippen molar-refractivity contribution in [3.05, 3.63) is 41.8 Å². The number of rotatable bonds is 5. The van der Waals surface area contributed by atoms with Gasteiger partial charge in [0, 0.05) is 18.2 Å². The molecule has 8 nitrogen and oxygen atoms in total. The van der Waals surface area contributed by atoms with Gasteiger partial charge in [-0.05, 0) is 25.1 Å². The zero-order chi connectivity index (χ0) is 16.8. The first-order chi connectivity index (χ1) is 11.0. The van der Waals surface area contributed by atoms with Crippen LogP contribution in [0, 0.1) is 0 Å². The fourth-order valence-corrected chi connectivity index (χ4v) is 1.74. The number of nitrogens with one attached hydrogen (secondary N) is 2. The number of hydrogen-bond donors (Lipinski definition) is 2. The second-order valence-corrected chi connectivity index (χ2v) is 4.47. The molecule has 1 aromatic heterocycles. The maximum absolute atomic E-state index is 12.1. The molecule has 2 aromatic rings. The molecule has 0 bridgehead atoms. The van der Waals surface area contributed by atoms with Gasteiger partial charge in [0.15, 0.2) is 5.69 Å². The topological polar surface area (TPSA) is 111 Å². The summed E-state index contributed by atoms with van der Waals surface area (Å²) in [6, 6.07) is 6.23. The highest BCUT2D eigenvalue weighted by atomic mass is 16.5. The highest BCUT2D eigenvalue weighted by Gasteiger charge is 2.15. The molecule has 23 heavy (non-hydrogen) atoms. The monoisotopic (exact) mass is 317 g/mol. The lowest BCUT2D eigenvalue weighted by molar-refractivity contribution is -0.114. The van der Waals surface area contributed by atoms with Gasteiger partial charge in [-0.2, -0.15) is 4.98 Å². The number of amides is 2. The molecule has 1 heterocycles. The van der Waals surface area contributed by atoms with E-state index in [1.54, 1.807) is 25.1 Å². The highest BCUT2D eigenvalue weighted by molar-refractivity contribution is 6.04. The summed E-state index contributed by atoms with van der Waals surface area (Å²) in [6.07, 6.45) is 1.10. The first-order valence-corrected chi connectivity index (χ1v) is 6.81. The van der Waals surface area contributed by atoms with E-state index in [-0.39, 0.29) is 24.2 Å². The Labute approximate surface area is 131 Å². The summed E-state index contributed by atoms with van der Waals surface area (Å²) in [5.41, 5.74) is 0.756. The second kappa shape index (κ2) is 7.21. The number of esters is 1. The van der Waals surface area contributed by atoms with Crippen LogP contribution in [-0.4, -0.2) is 29.4 Å². The van der Waals surface area contributed by atoms with Crippen LogP contribution in [0.4, 0.5) is 11.7 Å². The number of carbonyl (C=O) groups excluding carboxylic acids is 3. The Morgan fingerprint density at radius 3 is 2.74 bits per heavy atom. The molecule has 0 spiro atoms. The van der Waals surface area contributed by atoms with Crippen LogP contribution in [0.5, 0.6) is 0 Å². The van der Waals surface area contributed by atoms with E-state index in [9.17, 15) is 14.4 Å². The Bertz CT molecular complexity index is 738. The van der Waals surface area contributed by atoms with Gasteiger partial charge in [-0.1, -0.05) is 6.07 Å². The number of anilines is 2. The van der Waals surface area contributed by atoms with Crippen LogP contribution in [0.1, 0.15) is 34.7 Å². The van der Waals surface area contributed by atoms with Gasteiger partial charge in [-0.15, -0.1) is 0 Å². The van der Waals surface area contributed by atoms with Crippen molar-refractivity contribution in [1.82, 2.24) is 4.98 Å². The third-order valence-corrected chi connectivity index (χ3v) is 2.65. The van der Waals surface area contributed by atoms with Crippen molar-refractivity contribution in [2.75, 3.05) is 17.2 Å². The molecule has 0 aliphatic rings. The van der Waals surface area contributed by atoms with Crippen LogP contribution in [0.15, 0.2) is 34.9 Å². The van der Waals surface area contributed by atoms with Gasteiger partial charge in [0.25, 0.3) is 5.91 Å². The van der Waals surface area contributed by atoms with Crippen LogP contribution in [0.3, 0.4) is 0 Å². The molecule has 0 unspecified atom stereocenters. The molecule has 2 N–H and O–H groups in total. The van der Waals surface area contributed by atoms with Gasteiger partial charge < -0.3 is 14.5 Å². The van der Waals surface area contributed by atoms with Gasteiger partial charge in [0.1, 0.15) is 6.26 Å². The number of benzene rings is 1. The average molecular weight is 317 g/mol. The summed E-state index contributed by atoms with van der Waals surface area (Å²) in [6.45, 7) is 3.25. The fourth-order valence-electron chi connectivity index (χ4n) is 1.74. The standard InChI is InChI=1S/C15H15N3O5/c1-3-22-14(21)12-8-23-15(17-12)18-13(20)10-5-4-6-11(7-10)16-9(2)19/h4-8H,3H2,1-2H3,(H,16,19)(H,17,18,20). The van der Waals surface area contributed by atoms with Crippen LogP contribution in [0.25, 0.3) is 0 Å². The molecule has 0 fully saturated rings. The molecule has 120 valence electrons. The summed E-state index contributed by atoms with van der Waals surface area (Å²) in [7, 11) is 0. The zero-order valence-corrected chi connectivity index (χ0v) is 12.6. The molecule has 0 aliphatic heterocycles. The minimum atomic E-state index is -0.635. The SMILES string of the molecule is CCOC(=O)c1coc(NC(=O)c2cccc(NC(C)=O)c2)n1. The summed E-state index contributed by atoms with van der Waals surface area (Å²) < 4.78 is 9.77. The molecule has 0 aliphatic carbocycles. The first-order valence-electron chi connectivity index (χ1n) is 6.81. The quantitative estimate of drug-likeness (QED) is 0.817. The Morgan fingerprint density at radius 2 is 2.04 bits per heavy atom. The highest BCUT2D eigenvalue weighted by Crippen LogP contribution is 2.14. The van der Waals surface area contributed by atoms with Crippen LogP contribution in [0.2, 0.25) is 0 Å². The molecule has 2 rings (SSSR count). The summed E-state index contributed by atoms with van der Waals surface area (Å²) >= 11 is 0. The molecular formula is C15H15N3O5. The average Bonchev–Trinajstić information content (AvgIpc) is 2.95. The van der Waals surface area contributed by atoms with Crippen molar-refractivity contribution < 1.29 is 23.5 Å². The molecule has 1 aromatic carbocycles. The predicted octanol–water partition coefficient (Wildman–Crippen LogP) is 2.06. The van der Waals surface area contributed by atoms with Crippen molar-refractivity contribution in [2.45, 2.75) is 13.8 Å². The van der Waals surface area contributed by atoms with Crippen LogP contribution < -0.4 is 10.6 Å². The molecule has 2 amide bonds. The molecule has 0 radical (unpaired) electrons. The Morgan fingerprint density at radius 1 is 1.26 bits per heavy atom. The van der Waals surface area contributed by atoms with E-state index in [1.807, 2.05) is 0 Å². The lowest BCUT2D eigenvalue weighted by Crippen LogP contribution is -2.13. The van der Waals surface area contributed by atoms with Crippen molar-refractivity contribution in [2.24, 2.45) is 0 Å². The maximum Gasteiger partial charge on any atom is 0.360 e. The Balaban J connectivity index is 2.07. The Kier molecular flexibility index (Phi) is 5.08. The van der Waals surface area contributed by atoms with Gasteiger partial charge in [-0.3, -0.25) is 14.9 Å². The lowest BCUT2D eigenvalue weighted by Gasteiger charge is -2.05. The normalized spacial score (nSPS) is 10.0. The van der Waals surface area contributed by atoms with E-state index in [0.717, 1.165) is 6.26 Å². The smallest absolute Gasteiger partial charge is 0.360 e. The van der Waals surface area contributed by atoms with E-state index in [4.69, 9.17) is 9.15 Å². The van der Waals surface area contributed by atoms with E-state index < -0.39 is 11.9 Å². The number of hydrogen-bond acceptors (Lipinski definition) is 6. The maximum atomic E-state index is 12.1. The molecular weight excluding hydrogens is 302 g/mol. The fraction of sp³-hybridized carbons (Fsp3) is 0.200. The van der Waals surface area contributed by atoms with Gasteiger partial charge in [0.2, 0.25) is 5.91 Å². The largest absolute Gasteiger partial charge is 0.461 e. The predicted molar refractivity (Wildman–Crippen MR) is 81.2 cm³/mol. The van der Waals surface area contributed by atoms with Crippen LogP contribution >= 0.6 is 0 Å². The summed E-state index contributed by atoms with van der Waals surface area (Å²) in [4.78, 5) is 38.4.